The second kappa shape index (κ2) is 6.21. The molecule has 2 unspecified atom stereocenters. The van der Waals surface area contributed by atoms with Gasteiger partial charge in [-0.2, -0.15) is 0 Å². The molecule has 1 aliphatic rings. The lowest BCUT2D eigenvalue weighted by molar-refractivity contribution is 0.258. The Kier molecular flexibility index (Phi) is 4.61. The topological polar surface area (TPSA) is 24.5 Å². The van der Waals surface area contributed by atoms with Gasteiger partial charge in [-0.25, -0.2) is 0 Å². The first-order valence-electron chi connectivity index (χ1n) is 6.77. The Balaban J connectivity index is 1.88. The SMILES string of the molecule is CC(CNCC1CCOc2ccccc21)N(C)C. The van der Waals surface area contributed by atoms with Crippen LogP contribution in [0.3, 0.4) is 0 Å². The number of hydrogen-bond acceptors (Lipinski definition) is 3. The van der Waals surface area contributed by atoms with Gasteiger partial charge in [0.05, 0.1) is 6.61 Å². The van der Waals surface area contributed by atoms with Gasteiger partial charge in [-0.1, -0.05) is 18.2 Å². The Labute approximate surface area is 110 Å². The van der Waals surface area contributed by atoms with Crippen LogP contribution in [0, 0.1) is 0 Å². The Bertz CT molecular complexity index is 379. The van der Waals surface area contributed by atoms with Gasteiger partial charge in [0.1, 0.15) is 5.75 Å². The molecule has 100 valence electrons. The fourth-order valence-electron chi connectivity index (χ4n) is 2.28. The van der Waals surface area contributed by atoms with E-state index in [-0.39, 0.29) is 0 Å². The molecule has 1 N–H and O–H groups in total. The standard InChI is InChI=1S/C15H24N2O/c1-12(17(2)3)10-16-11-13-8-9-18-15-7-5-4-6-14(13)15/h4-7,12-13,16H,8-11H2,1-3H3. The highest BCUT2D eigenvalue weighted by Crippen LogP contribution is 2.32. The minimum absolute atomic E-state index is 0.570. The third-order valence-electron chi connectivity index (χ3n) is 3.79. The second-order valence-electron chi connectivity index (χ2n) is 5.34. The summed E-state index contributed by atoms with van der Waals surface area (Å²) in [4.78, 5) is 2.24. The highest BCUT2D eigenvalue weighted by atomic mass is 16.5. The third kappa shape index (κ3) is 3.24. The lowest BCUT2D eigenvalue weighted by Crippen LogP contribution is -2.37. The van der Waals surface area contributed by atoms with E-state index in [1.54, 1.807) is 0 Å². The first-order valence-corrected chi connectivity index (χ1v) is 6.77. The van der Waals surface area contributed by atoms with Crippen LogP contribution in [-0.2, 0) is 0 Å². The lowest BCUT2D eigenvalue weighted by atomic mass is 9.93. The molecule has 1 aromatic carbocycles. The molecular weight excluding hydrogens is 224 g/mol. The number of para-hydroxylation sites is 1. The van der Waals surface area contributed by atoms with Gasteiger partial charge in [-0.15, -0.1) is 0 Å². The zero-order chi connectivity index (χ0) is 13.0. The summed E-state index contributed by atoms with van der Waals surface area (Å²) in [5.74, 6) is 1.65. The molecule has 1 heterocycles. The van der Waals surface area contributed by atoms with Crippen molar-refractivity contribution < 1.29 is 4.74 Å². The molecule has 0 spiro atoms. The summed E-state index contributed by atoms with van der Waals surface area (Å²) in [6.07, 6.45) is 1.11. The first-order chi connectivity index (χ1) is 8.68. The maximum Gasteiger partial charge on any atom is 0.122 e. The fraction of sp³-hybridized carbons (Fsp3) is 0.600. The molecule has 1 aromatic rings. The number of nitrogens with zero attached hydrogens (tertiary/aromatic N) is 1. The van der Waals surface area contributed by atoms with Crippen LogP contribution in [0.2, 0.25) is 0 Å². The number of hydrogen-bond donors (Lipinski definition) is 1. The van der Waals surface area contributed by atoms with E-state index in [0.29, 0.717) is 12.0 Å². The average Bonchev–Trinajstić information content (AvgIpc) is 2.38. The number of nitrogens with one attached hydrogen (secondary N) is 1. The monoisotopic (exact) mass is 248 g/mol. The largest absolute Gasteiger partial charge is 0.493 e. The molecule has 18 heavy (non-hydrogen) atoms. The van der Waals surface area contributed by atoms with Crippen LogP contribution in [0.4, 0.5) is 0 Å². The molecule has 0 fully saturated rings. The summed E-state index contributed by atoms with van der Waals surface area (Å²) in [7, 11) is 4.24. The molecule has 1 aliphatic heterocycles. The molecule has 0 radical (unpaired) electrons. The van der Waals surface area contributed by atoms with E-state index in [4.69, 9.17) is 4.74 Å². The molecule has 2 rings (SSSR count). The summed E-state index contributed by atoms with van der Waals surface area (Å²) in [6, 6.07) is 8.98. The van der Waals surface area contributed by atoms with Crippen LogP contribution < -0.4 is 10.1 Å². The summed E-state index contributed by atoms with van der Waals surface area (Å²) >= 11 is 0. The molecule has 0 bridgehead atoms. The Hall–Kier alpha value is -1.06. The van der Waals surface area contributed by atoms with Crippen molar-refractivity contribution in [2.24, 2.45) is 0 Å². The summed E-state index contributed by atoms with van der Waals surface area (Å²) in [5, 5.41) is 3.58. The van der Waals surface area contributed by atoms with Crippen LogP contribution in [0.15, 0.2) is 24.3 Å². The Morgan fingerprint density at radius 2 is 2.17 bits per heavy atom. The number of fused-ring (bicyclic) bond motifs is 1. The summed E-state index contributed by atoms with van der Waals surface area (Å²) in [6.45, 7) is 5.16. The maximum atomic E-state index is 5.68. The smallest absolute Gasteiger partial charge is 0.122 e. The predicted octanol–water partition coefficient (Wildman–Crippen LogP) is 2.09. The summed E-state index contributed by atoms with van der Waals surface area (Å²) < 4.78 is 5.68. The zero-order valence-corrected chi connectivity index (χ0v) is 11.6. The Morgan fingerprint density at radius 3 is 2.94 bits per heavy atom. The molecule has 2 atom stereocenters. The van der Waals surface area contributed by atoms with Gasteiger partial charge in [0.25, 0.3) is 0 Å². The van der Waals surface area contributed by atoms with Gasteiger partial charge in [0, 0.05) is 25.0 Å². The van der Waals surface area contributed by atoms with E-state index in [1.807, 2.05) is 6.07 Å². The molecule has 0 aliphatic carbocycles. The van der Waals surface area contributed by atoms with Crippen molar-refractivity contribution in [3.63, 3.8) is 0 Å². The van der Waals surface area contributed by atoms with Crippen molar-refractivity contribution in [1.82, 2.24) is 10.2 Å². The fourth-order valence-corrected chi connectivity index (χ4v) is 2.28. The number of benzene rings is 1. The molecule has 0 saturated heterocycles. The summed E-state index contributed by atoms with van der Waals surface area (Å²) in [5.41, 5.74) is 1.36. The first kappa shape index (κ1) is 13.4. The van der Waals surface area contributed by atoms with E-state index >= 15 is 0 Å². The average molecular weight is 248 g/mol. The van der Waals surface area contributed by atoms with E-state index in [0.717, 1.165) is 31.9 Å². The van der Waals surface area contributed by atoms with Crippen molar-refractivity contribution >= 4 is 0 Å². The molecule has 0 amide bonds. The van der Waals surface area contributed by atoms with Crippen LogP contribution in [0.5, 0.6) is 5.75 Å². The molecule has 0 saturated carbocycles. The minimum Gasteiger partial charge on any atom is -0.493 e. The van der Waals surface area contributed by atoms with Crippen LogP contribution in [-0.4, -0.2) is 44.7 Å². The highest BCUT2D eigenvalue weighted by molar-refractivity contribution is 5.37. The van der Waals surface area contributed by atoms with E-state index in [9.17, 15) is 0 Å². The molecule has 3 heteroatoms. The minimum atomic E-state index is 0.570. The van der Waals surface area contributed by atoms with Crippen LogP contribution in [0.25, 0.3) is 0 Å². The molecule has 0 aromatic heterocycles. The van der Waals surface area contributed by atoms with Crippen molar-refractivity contribution in [3.8, 4) is 5.75 Å². The van der Waals surface area contributed by atoms with Crippen LogP contribution >= 0.6 is 0 Å². The van der Waals surface area contributed by atoms with Crippen molar-refractivity contribution in [2.75, 3.05) is 33.8 Å². The van der Waals surface area contributed by atoms with Crippen molar-refractivity contribution in [1.29, 1.82) is 0 Å². The van der Waals surface area contributed by atoms with Gasteiger partial charge in [-0.05, 0) is 39.1 Å². The van der Waals surface area contributed by atoms with E-state index in [1.165, 1.54) is 5.56 Å². The van der Waals surface area contributed by atoms with Gasteiger partial charge in [0.15, 0.2) is 0 Å². The lowest BCUT2D eigenvalue weighted by Gasteiger charge is -2.27. The number of ether oxygens (including phenoxy) is 1. The van der Waals surface area contributed by atoms with E-state index in [2.05, 4.69) is 49.4 Å². The number of likely N-dealkylation sites (N-methyl/N-ethyl adjacent to an activating group) is 1. The normalized spacial score (nSPS) is 20.3. The highest BCUT2D eigenvalue weighted by Gasteiger charge is 2.20. The molecular formula is C15H24N2O. The Morgan fingerprint density at radius 1 is 1.39 bits per heavy atom. The van der Waals surface area contributed by atoms with Gasteiger partial charge in [-0.3, -0.25) is 0 Å². The van der Waals surface area contributed by atoms with E-state index < -0.39 is 0 Å². The van der Waals surface area contributed by atoms with Crippen molar-refractivity contribution in [2.45, 2.75) is 25.3 Å². The van der Waals surface area contributed by atoms with Gasteiger partial charge in [0.2, 0.25) is 0 Å². The van der Waals surface area contributed by atoms with Crippen molar-refractivity contribution in [3.05, 3.63) is 29.8 Å². The third-order valence-corrected chi connectivity index (χ3v) is 3.79. The zero-order valence-electron chi connectivity index (χ0n) is 11.6. The van der Waals surface area contributed by atoms with Gasteiger partial charge >= 0.3 is 0 Å². The number of rotatable bonds is 5. The van der Waals surface area contributed by atoms with Crippen LogP contribution in [0.1, 0.15) is 24.8 Å². The predicted molar refractivity (Wildman–Crippen MR) is 75.3 cm³/mol. The van der Waals surface area contributed by atoms with Gasteiger partial charge < -0.3 is 15.0 Å². The molecule has 3 nitrogen and oxygen atoms in total. The quantitative estimate of drug-likeness (QED) is 0.863. The maximum absolute atomic E-state index is 5.68. The second-order valence-corrected chi connectivity index (χ2v) is 5.34.